The van der Waals surface area contributed by atoms with E-state index in [1.54, 1.807) is 25.2 Å². The molecule has 1 aromatic heterocycles. The van der Waals surface area contributed by atoms with E-state index in [1.807, 2.05) is 0 Å². The predicted octanol–water partition coefficient (Wildman–Crippen LogP) is 2.84. The first-order valence-corrected chi connectivity index (χ1v) is 12.3. The summed E-state index contributed by atoms with van der Waals surface area (Å²) in [6.07, 6.45) is 0.694. The molecule has 1 aliphatic heterocycles. The Hall–Kier alpha value is -3.02. The second kappa shape index (κ2) is 9.32. The van der Waals surface area contributed by atoms with Gasteiger partial charge in [0.2, 0.25) is 15.9 Å². The lowest BCUT2D eigenvalue weighted by Gasteiger charge is -2.30. The first kappa shape index (κ1) is 24.1. The zero-order valence-electron chi connectivity index (χ0n) is 18.8. The number of rotatable bonds is 6. The van der Waals surface area contributed by atoms with Crippen LogP contribution in [-0.4, -0.2) is 50.5 Å². The number of anilines is 1. The smallest absolute Gasteiger partial charge is 0.419 e. The summed E-state index contributed by atoms with van der Waals surface area (Å²) in [6, 6.07) is 7.48. The van der Waals surface area contributed by atoms with Crippen molar-refractivity contribution in [2.75, 3.05) is 32.6 Å². The molecule has 34 heavy (non-hydrogen) atoms. The van der Waals surface area contributed by atoms with Gasteiger partial charge in [0.15, 0.2) is 5.58 Å². The molecule has 1 N–H and O–H groups in total. The number of halogens is 1. The highest BCUT2D eigenvalue weighted by molar-refractivity contribution is 7.89. The van der Waals surface area contributed by atoms with Gasteiger partial charge in [-0.15, -0.1) is 0 Å². The molecular formula is C22H24ClN3O7S. The van der Waals surface area contributed by atoms with Crippen molar-refractivity contribution in [3.05, 3.63) is 45.9 Å². The van der Waals surface area contributed by atoms with Crippen LogP contribution >= 0.6 is 11.6 Å². The third-order valence-electron chi connectivity index (χ3n) is 5.96. The maximum absolute atomic E-state index is 13.1. The van der Waals surface area contributed by atoms with E-state index in [9.17, 15) is 18.0 Å². The molecule has 2 aromatic carbocycles. The Labute approximate surface area is 201 Å². The SMILES string of the molecule is COc1cc(OC)c(NC(=O)C2CCN(S(=O)(=O)c3ccc4c(c3)oc(=O)n4C)CC2)cc1Cl. The van der Waals surface area contributed by atoms with Crippen LogP contribution in [0.2, 0.25) is 5.02 Å². The topological polar surface area (TPSA) is 120 Å². The number of carbonyl (C=O) groups is 1. The van der Waals surface area contributed by atoms with Crippen LogP contribution < -0.4 is 20.5 Å². The number of aromatic nitrogens is 1. The van der Waals surface area contributed by atoms with Crippen LogP contribution in [0.1, 0.15) is 12.8 Å². The monoisotopic (exact) mass is 509 g/mol. The average Bonchev–Trinajstić information content (AvgIpc) is 3.12. The van der Waals surface area contributed by atoms with E-state index in [0.29, 0.717) is 40.6 Å². The Morgan fingerprint density at radius 1 is 1.12 bits per heavy atom. The third kappa shape index (κ3) is 4.38. The molecule has 12 heteroatoms. The number of piperidine rings is 1. The Morgan fingerprint density at radius 3 is 2.44 bits per heavy atom. The van der Waals surface area contributed by atoms with E-state index in [0.717, 1.165) is 0 Å². The largest absolute Gasteiger partial charge is 0.495 e. The zero-order chi connectivity index (χ0) is 24.6. The third-order valence-corrected chi connectivity index (χ3v) is 8.15. The van der Waals surface area contributed by atoms with E-state index in [2.05, 4.69) is 5.32 Å². The molecule has 1 amide bonds. The maximum Gasteiger partial charge on any atom is 0.419 e. The number of fused-ring (bicyclic) bond motifs is 1. The second-order valence-electron chi connectivity index (χ2n) is 7.91. The van der Waals surface area contributed by atoms with E-state index in [4.69, 9.17) is 25.5 Å². The molecule has 0 spiro atoms. The summed E-state index contributed by atoms with van der Waals surface area (Å²) in [6.45, 7) is 0.357. The van der Waals surface area contributed by atoms with E-state index in [-0.39, 0.29) is 35.4 Å². The van der Waals surface area contributed by atoms with Crippen molar-refractivity contribution in [2.24, 2.45) is 13.0 Å². The number of amides is 1. The van der Waals surface area contributed by atoms with Crippen molar-refractivity contribution >= 4 is 44.3 Å². The molecule has 4 rings (SSSR count). The molecule has 182 valence electrons. The molecule has 3 aromatic rings. The molecule has 0 unspecified atom stereocenters. The summed E-state index contributed by atoms with van der Waals surface area (Å²) in [5, 5.41) is 3.14. The van der Waals surface area contributed by atoms with E-state index < -0.39 is 15.8 Å². The molecule has 0 atom stereocenters. The van der Waals surface area contributed by atoms with Crippen LogP contribution in [0.4, 0.5) is 5.69 Å². The van der Waals surface area contributed by atoms with Crippen molar-refractivity contribution in [1.29, 1.82) is 0 Å². The van der Waals surface area contributed by atoms with E-state index in [1.165, 1.54) is 35.2 Å². The van der Waals surface area contributed by atoms with Crippen LogP contribution in [0.25, 0.3) is 11.1 Å². The fourth-order valence-electron chi connectivity index (χ4n) is 3.97. The lowest BCUT2D eigenvalue weighted by molar-refractivity contribution is -0.120. The van der Waals surface area contributed by atoms with Gasteiger partial charge in [0.1, 0.15) is 11.5 Å². The fourth-order valence-corrected chi connectivity index (χ4v) is 5.70. The first-order chi connectivity index (χ1) is 16.1. The second-order valence-corrected chi connectivity index (χ2v) is 10.3. The summed E-state index contributed by atoms with van der Waals surface area (Å²) < 4.78 is 44.5. The van der Waals surface area contributed by atoms with Crippen molar-refractivity contribution in [2.45, 2.75) is 17.7 Å². The number of aryl methyl sites for hydroxylation is 1. The van der Waals surface area contributed by atoms with Crippen molar-refractivity contribution in [3.63, 3.8) is 0 Å². The molecule has 10 nitrogen and oxygen atoms in total. The number of hydrogen-bond donors (Lipinski definition) is 1. The number of oxazole rings is 1. The number of methoxy groups -OCH3 is 2. The van der Waals surface area contributed by atoms with Gasteiger partial charge < -0.3 is 19.2 Å². The summed E-state index contributed by atoms with van der Waals surface area (Å²) in [5.41, 5.74) is 1.12. The van der Waals surface area contributed by atoms with Crippen molar-refractivity contribution in [3.8, 4) is 11.5 Å². The summed E-state index contributed by atoms with van der Waals surface area (Å²) in [5.74, 6) is -0.373. The van der Waals surface area contributed by atoms with Gasteiger partial charge in [-0.25, -0.2) is 13.2 Å². The number of hydrogen-bond acceptors (Lipinski definition) is 7. The van der Waals surface area contributed by atoms with Gasteiger partial charge in [-0.2, -0.15) is 4.31 Å². The van der Waals surface area contributed by atoms with Crippen LogP contribution in [-0.2, 0) is 21.9 Å². The minimum atomic E-state index is -3.81. The summed E-state index contributed by atoms with van der Waals surface area (Å²) in [4.78, 5) is 24.6. The number of carbonyl (C=O) groups excluding carboxylic acids is 1. The molecule has 1 fully saturated rings. The maximum atomic E-state index is 13.1. The highest BCUT2D eigenvalue weighted by Gasteiger charge is 2.33. The Morgan fingerprint density at radius 2 is 1.79 bits per heavy atom. The molecule has 0 aliphatic carbocycles. The van der Waals surface area contributed by atoms with Crippen molar-refractivity contribution < 1.29 is 27.1 Å². The quantitative estimate of drug-likeness (QED) is 0.542. The normalized spacial score (nSPS) is 15.4. The summed E-state index contributed by atoms with van der Waals surface area (Å²) in [7, 11) is 0.692. The van der Waals surface area contributed by atoms with Crippen LogP contribution in [0.3, 0.4) is 0 Å². The summed E-state index contributed by atoms with van der Waals surface area (Å²) >= 11 is 6.17. The van der Waals surface area contributed by atoms with Gasteiger partial charge in [0.05, 0.1) is 35.3 Å². The number of benzene rings is 2. The van der Waals surface area contributed by atoms with Crippen LogP contribution in [0.15, 0.2) is 44.4 Å². The van der Waals surface area contributed by atoms with Gasteiger partial charge in [0, 0.05) is 38.2 Å². The molecule has 0 radical (unpaired) electrons. The minimum Gasteiger partial charge on any atom is -0.495 e. The van der Waals surface area contributed by atoms with Crippen molar-refractivity contribution in [1.82, 2.24) is 8.87 Å². The highest BCUT2D eigenvalue weighted by atomic mass is 35.5. The molecule has 0 saturated carbocycles. The lowest BCUT2D eigenvalue weighted by Crippen LogP contribution is -2.41. The number of ether oxygens (including phenoxy) is 2. The predicted molar refractivity (Wildman–Crippen MR) is 126 cm³/mol. The average molecular weight is 510 g/mol. The Bertz CT molecular complexity index is 1410. The number of sulfonamides is 1. The van der Waals surface area contributed by atoms with Crippen LogP contribution in [0.5, 0.6) is 11.5 Å². The molecular weight excluding hydrogens is 486 g/mol. The molecule has 2 heterocycles. The zero-order valence-corrected chi connectivity index (χ0v) is 20.4. The Balaban J connectivity index is 1.45. The highest BCUT2D eigenvalue weighted by Crippen LogP contribution is 2.36. The van der Waals surface area contributed by atoms with E-state index >= 15 is 0 Å². The van der Waals surface area contributed by atoms with Gasteiger partial charge in [-0.3, -0.25) is 9.36 Å². The number of nitrogens with zero attached hydrogens (tertiary/aromatic N) is 2. The molecule has 1 saturated heterocycles. The minimum absolute atomic E-state index is 0.0369. The standard InChI is InChI=1S/C22H24ClN3O7S/c1-25-17-5-4-14(10-20(17)33-22(25)28)34(29,30)26-8-6-13(7-9-26)21(27)24-16-11-15(23)18(31-2)12-19(16)32-3/h4-5,10-13H,6-9H2,1-3H3,(H,24,27). The van der Waals surface area contributed by atoms with Gasteiger partial charge in [0.25, 0.3) is 0 Å². The molecule has 1 aliphatic rings. The Kier molecular flexibility index (Phi) is 6.61. The number of nitrogens with one attached hydrogen (secondary N) is 1. The van der Waals surface area contributed by atoms with Gasteiger partial charge in [-0.05, 0) is 31.0 Å². The molecule has 0 bridgehead atoms. The van der Waals surface area contributed by atoms with Gasteiger partial charge >= 0.3 is 5.76 Å². The lowest BCUT2D eigenvalue weighted by atomic mass is 9.97. The fraction of sp³-hybridized carbons (Fsp3) is 0.364. The van der Waals surface area contributed by atoms with Crippen LogP contribution in [0, 0.1) is 5.92 Å². The first-order valence-electron chi connectivity index (χ1n) is 10.5. The van der Waals surface area contributed by atoms with Gasteiger partial charge in [-0.1, -0.05) is 11.6 Å².